The second kappa shape index (κ2) is 4.48. The lowest BCUT2D eigenvalue weighted by atomic mass is 9.68. The minimum atomic E-state index is 0.687. The molecule has 110 valence electrons. The Morgan fingerprint density at radius 1 is 1.10 bits per heavy atom. The molecule has 0 amide bonds. The summed E-state index contributed by atoms with van der Waals surface area (Å²) in [5, 5.41) is 0.853. The predicted molar refractivity (Wildman–Crippen MR) is 89.1 cm³/mol. The van der Waals surface area contributed by atoms with Gasteiger partial charge in [-0.15, -0.1) is 0 Å². The minimum Gasteiger partial charge on any atom is -0.352 e. The van der Waals surface area contributed by atoms with Gasteiger partial charge in [0.05, 0.1) is 5.69 Å². The van der Waals surface area contributed by atoms with Crippen molar-refractivity contribution in [3.05, 3.63) is 27.2 Å². The van der Waals surface area contributed by atoms with E-state index in [4.69, 9.17) is 16.6 Å². The van der Waals surface area contributed by atoms with Crippen molar-refractivity contribution in [2.45, 2.75) is 44.7 Å². The van der Waals surface area contributed by atoms with E-state index in [0.29, 0.717) is 12.0 Å². The van der Waals surface area contributed by atoms with Gasteiger partial charge < -0.3 is 4.90 Å². The summed E-state index contributed by atoms with van der Waals surface area (Å²) < 4.78 is 1.03. The van der Waals surface area contributed by atoms with Crippen LogP contribution in [0.25, 0.3) is 0 Å². The van der Waals surface area contributed by atoms with E-state index in [2.05, 4.69) is 26.9 Å². The first-order chi connectivity index (χ1) is 10.2. The van der Waals surface area contributed by atoms with Crippen LogP contribution in [0, 0.1) is 17.8 Å². The number of fused-ring (bicyclic) bond motifs is 1. The lowest BCUT2D eigenvalue weighted by Gasteiger charge is -2.39. The summed E-state index contributed by atoms with van der Waals surface area (Å²) in [5.41, 5.74) is 2.30. The van der Waals surface area contributed by atoms with Gasteiger partial charge in [0.1, 0.15) is 5.84 Å². The van der Waals surface area contributed by atoms with Gasteiger partial charge in [0.2, 0.25) is 0 Å². The van der Waals surface area contributed by atoms with E-state index in [0.717, 1.165) is 33.6 Å². The molecule has 1 aromatic carbocycles. The third-order valence-electron chi connectivity index (χ3n) is 5.91. The van der Waals surface area contributed by atoms with Crippen molar-refractivity contribution in [3.8, 4) is 0 Å². The number of amidine groups is 1. The highest BCUT2D eigenvalue weighted by atomic mass is 79.9. The Labute approximate surface area is 138 Å². The Morgan fingerprint density at radius 3 is 2.62 bits per heavy atom. The van der Waals surface area contributed by atoms with Crippen molar-refractivity contribution in [2.75, 3.05) is 0 Å². The van der Waals surface area contributed by atoms with Crippen molar-refractivity contribution >= 4 is 39.1 Å². The van der Waals surface area contributed by atoms with E-state index in [1.54, 1.807) is 0 Å². The molecule has 21 heavy (non-hydrogen) atoms. The number of halogens is 2. The summed E-state index contributed by atoms with van der Waals surface area (Å²) in [7, 11) is 0. The standard InChI is InChI=1S/C17H18BrClN2/c18-12-6-15(19)14-8-21-13-4-9-1-10(5-13)3-11(2-9)17(21)20-16(14)7-12/h6-7,9-11,13H,1-5,8H2. The largest absolute Gasteiger partial charge is 0.352 e. The zero-order chi connectivity index (χ0) is 14.1. The number of benzene rings is 1. The molecule has 2 atom stereocenters. The Balaban J connectivity index is 1.66. The summed E-state index contributed by atoms with van der Waals surface area (Å²) in [6.45, 7) is 0.959. The van der Waals surface area contributed by atoms with Crippen LogP contribution in [0.1, 0.15) is 37.7 Å². The normalized spacial score (nSPS) is 36.1. The second-order valence-electron chi connectivity index (χ2n) is 7.24. The first-order valence-electron chi connectivity index (χ1n) is 8.00. The molecule has 3 heterocycles. The molecule has 4 bridgehead atoms. The van der Waals surface area contributed by atoms with Crippen molar-refractivity contribution in [3.63, 3.8) is 0 Å². The number of hydrogen-bond acceptors (Lipinski definition) is 2. The predicted octanol–water partition coefficient (Wildman–Crippen LogP) is 5.16. The van der Waals surface area contributed by atoms with Gasteiger partial charge in [0.25, 0.3) is 0 Å². The molecule has 5 aliphatic rings. The van der Waals surface area contributed by atoms with E-state index in [1.165, 1.54) is 43.5 Å². The van der Waals surface area contributed by atoms with E-state index >= 15 is 0 Å². The quantitative estimate of drug-likeness (QED) is 0.620. The second-order valence-corrected chi connectivity index (χ2v) is 8.57. The lowest BCUT2D eigenvalue weighted by Crippen LogP contribution is -2.42. The summed E-state index contributed by atoms with van der Waals surface area (Å²) in [6.07, 6.45) is 6.93. The van der Waals surface area contributed by atoms with Crippen LogP contribution in [0.3, 0.4) is 0 Å². The SMILES string of the molecule is Clc1cc(Br)cc2c1CN1C(=N2)C2CC3CC(C2)CC1C3. The third-order valence-corrected chi connectivity index (χ3v) is 6.71. The zero-order valence-corrected chi connectivity index (χ0v) is 14.2. The highest BCUT2D eigenvalue weighted by Crippen LogP contribution is 2.51. The van der Waals surface area contributed by atoms with E-state index in [1.807, 2.05) is 6.07 Å². The molecule has 3 aliphatic heterocycles. The molecule has 0 N–H and O–H groups in total. The maximum Gasteiger partial charge on any atom is 0.108 e. The summed E-state index contributed by atoms with van der Waals surface area (Å²) in [6, 6.07) is 4.83. The average molecular weight is 366 g/mol. The average Bonchev–Trinajstić information content (AvgIpc) is 2.59. The van der Waals surface area contributed by atoms with Crippen molar-refractivity contribution < 1.29 is 0 Å². The summed E-state index contributed by atoms with van der Waals surface area (Å²) >= 11 is 10.0. The summed E-state index contributed by atoms with van der Waals surface area (Å²) in [5.74, 6) is 3.93. The molecule has 2 nitrogen and oxygen atoms in total. The third kappa shape index (κ3) is 1.93. The molecule has 2 aliphatic carbocycles. The van der Waals surface area contributed by atoms with E-state index in [-0.39, 0.29) is 0 Å². The number of hydrogen-bond donors (Lipinski definition) is 0. The molecule has 4 fully saturated rings. The van der Waals surface area contributed by atoms with E-state index in [9.17, 15) is 0 Å². The van der Waals surface area contributed by atoms with Crippen molar-refractivity contribution in [2.24, 2.45) is 22.7 Å². The van der Waals surface area contributed by atoms with Gasteiger partial charge in [-0.3, -0.25) is 0 Å². The molecule has 2 saturated carbocycles. The molecule has 0 radical (unpaired) electrons. The van der Waals surface area contributed by atoms with Gasteiger partial charge in [-0.25, -0.2) is 4.99 Å². The number of rotatable bonds is 0. The first-order valence-corrected chi connectivity index (χ1v) is 9.17. The number of nitrogens with zero attached hydrogens (tertiary/aromatic N) is 2. The lowest BCUT2D eigenvalue weighted by molar-refractivity contribution is 0.128. The molecule has 0 spiro atoms. The smallest absolute Gasteiger partial charge is 0.108 e. The molecule has 1 aromatic rings. The van der Waals surface area contributed by atoms with Crippen LogP contribution >= 0.6 is 27.5 Å². The number of aliphatic imine (C=N–C) groups is 1. The molecule has 4 heteroatoms. The van der Waals surface area contributed by atoms with Crippen molar-refractivity contribution in [1.82, 2.24) is 4.90 Å². The highest BCUT2D eigenvalue weighted by Gasteiger charge is 2.46. The van der Waals surface area contributed by atoms with Crippen LogP contribution in [0.2, 0.25) is 5.02 Å². The zero-order valence-electron chi connectivity index (χ0n) is 11.9. The fraction of sp³-hybridized carbons (Fsp3) is 0.588. The van der Waals surface area contributed by atoms with Crippen LogP contribution in [0.15, 0.2) is 21.6 Å². The topological polar surface area (TPSA) is 15.6 Å². The van der Waals surface area contributed by atoms with Crippen LogP contribution in [-0.2, 0) is 6.54 Å². The van der Waals surface area contributed by atoms with Crippen LogP contribution in [0.5, 0.6) is 0 Å². The van der Waals surface area contributed by atoms with Crippen LogP contribution < -0.4 is 0 Å². The minimum absolute atomic E-state index is 0.687. The molecule has 0 aromatic heterocycles. The Hall–Kier alpha value is -0.540. The first kappa shape index (κ1) is 13.0. The van der Waals surface area contributed by atoms with Crippen LogP contribution in [0.4, 0.5) is 5.69 Å². The van der Waals surface area contributed by atoms with Gasteiger partial charge in [-0.2, -0.15) is 0 Å². The Morgan fingerprint density at radius 2 is 1.86 bits per heavy atom. The molecule has 2 unspecified atom stereocenters. The van der Waals surface area contributed by atoms with Crippen LogP contribution in [-0.4, -0.2) is 16.8 Å². The Bertz CT molecular complexity index is 642. The monoisotopic (exact) mass is 364 g/mol. The fourth-order valence-corrected chi connectivity index (χ4v) is 6.06. The van der Waals surface area contributed by atoms with Crippen molar-refractivity contribution in [1.29, 1.82) is 0 Å². The maximum atomic E-state index is 6.47. The van der Waals surface area contributed by atoms with Gasteiger partial charge >= 0.3 is 0 Å². The molecular weight excluding hydrogens is 348 g/mol. The molecule has 6 rings (SSSR count). The highest BCUT2D eigenvalue weighted by molar-refractivity contribution is 9.10. The summed E-state index contributed by atoms with van der Waals surface area (Å²) in [4.78, 5) is 7.68. The Kier molecular flexibility index (Phi) is 2.76. The van der Waals surface area contributed by atoms with E-state index < -0.39 is 0 Å². The van der Waals surface area contributed by atoms with Gasteiger partial charge in [-0.1, -0.05) is 27.5 Å². The molecule has 2 saturated heterocycles. The molecular formula is C17H18BrClN2. The van der Waals surface area contributed by atoms with Gasteiger partial charge in [0, 0.05) is 33.6 Å². The van der Waals surface area contributed by atoms with Gasteiger partial charge in [-0.05, 0) is 56.1 Å². The fourth-order valence-electron chi connectivity index (χ4n) is 5.21. The van der Waals surface area contributed by atoms with Gasteiger partial charge in [0.15, 0.2) is 0 Å². The maximum absolute atomic E-state index is 6.47.